The zero-order valence-corrected chi connectivity index (χ0v) is 9.45. The molecule has 3 N–H and O–H groups in total. The number of carboxylic acids is 3. The summed E-state index contributed by atoms with van der Waals surface area (Å²) in [7, 11) is 0. The van der Waals surface area contributed by atoms with E-state index in [1.165, 1.54) is 24.3 Å². The van der Waals surface area contributed by atoms with Crippen LogP contribution in [0.5, 0.6) is 0 Å². The third kappa shape index (κ3) is 2.11. The van der Waals surface area contributed by atoms with Crippen molar-refractivity contribution < 1.29 is 29.7 Å². The van der Waals surface area contributed by atoms with Crippen LogP contribution in [0.4, 0.5) is 0 Å². The second kappa shape index (κ2) is 4.41. The fraction of sp³-hybridized carbons (Fsp3) is 0. The average molecular weight is 260 g/mol. The monoisotopic (exact) mass is 260 g/mol. The van der Waals surface area contributed by atoms with E-state index < -0.39 is 17.9 Å². The molecule has 0 saturated heterocycles. The molecule has 0 unspecified atom stereocenters. The maximum atomic E-state index is 11.1. The number of fused-ring (bicyclic) bond motifs is 1. The minimum Gasteiger partial charge on any atom is -0.478 e. The van der Waals surface area contributed by atoms with Crippen molar-refractivity contribution in [3.63, 3.8) is 0 Å². The van der Waals surface area contributed by atoms with E-state index in [0.29, 0.717) is 0 Å². The summed E-state index contributed by atoms with van der Waals surface area (Å²) in [6, 6.07) is 6.14. The third-order valence-corrected chi connectivity index (χ3v) is 2.73. The molecular formula is C13H8O6. The second-order valence-electron chi connectivity index (χ2n) is 3.84. The number of hydrogen-bond donors (Lipinski definition) is 3. The maximum Gasteiger partial charge on any atom is 0.336 e. The highest BCUT2D eigenvalue weighted by Gasteiger charge is 2.23. The molecule has 19 heavy (non-hydrogen) atoms. The van der Waals surface area contributed by atoms with Gasteiger partial charge in [0.25, 0.3) is 0 Å². The number of carbonyl (C=O) groups is 3. The Morgan fingerprint density at radius 3 is 1.42 bits per heavy atom. The van der Waals surface area contributed by atoms with Crippen LogP contribution in [0.2, 0.25) is 0 Å². The zero-order chi connectivity index (χ0) is 14.2. The molecule has 2 aliphatic rings. The SMILES string of the molecule is O=C(O)c1ccc2c(C(=O)O)cc(C(=O)O)c-2cc1. The van der Waals surface area contributed by atoms with Gasteiger partial charge in [-0.3, -0.25) is 0 Å². The predicted octanol–water partition coefficient (Wildman–Crippen LogP) is 1.89. The van der Waals surface area contributed by atoms with E-state index >= 15 is 0 Å². The van der Waals surface area contributed by atoms with Crippen LogP contribution in [0.1, 0.15) is 31.1 Å². The van der Waals surface area contributed by atoms with Crippen molar-refractivity contribution in [1.82, 2.24) is 0 Å². The largest absolute Gasteiger partial charge is 0.478 e. The van der Waals surface area contributed by atoms with Crippen LogP contribution in [0.25, 0.3) is 11.1 Å². The topological polar surface area (TPSA) is 112 Å². The second-order valence-corrected chi connectivity index (χ2v) is 3.84. The molecule has 0 aliphatic heterocycles. The van der Waals surface area contributed by atoms with E-state index in [0.717, 1.165) is 6.07 Å². The van der Waals surface area contributed by atoms with Crippen molar-refractivity contribution in [2.75, 3.05) is 0 Å². The van der Waals surface area contributed by atoms with Gasteiger partial charge in [-0.2, -0.15) is 0 Å². The summed E-state index contributed by atoms with van der Waals surface area (Å²) in [6.45, 7) is 0. The van der Waals surface area contributed by atoms with Crippen molar-refractivity contribution in [2.24, 2.45) is 0 Å². The fourth-order valence-electron chi connectivity index (χ4n) is 1.85. The van der Waals surface area contributed by atoms with Crippen LogP contribution < -0.4 is 0 Å². The summed E-state index contributed by atoms with van der Waals surface area (Å²) in [5, 5.41) is 26.9. The molecule has 6 nitrogen and oxygen atoms in total. The van der Waals surface area contributed by atoms with Crippen LogP contribution in [0.15, 0.2) is 30.3 Å². The van der Waals surface area contributed by atoms with Gasteiger partial charge >= 0.3 is 17.9 Å². The molecule has 0 spiro atoms. The zero-order valence-electron chi connectivity index (χ0n) is 9.45. The van der Waals surface area contributed by atoms with E-state index in [2.05, 4.69) is 0 Å². The molecule has 0 saturated carbocycles. The van der Waals surface area contributed by atoms with E-state index in [-0.39, 0.29) is 27.8 Å². The fourth-order valence-corrected chi connectivity index (χ4v) is 1.85. The highest BCUT2D eigenvalue weighted by Crippen LogP contribution is 2.32. The Balaban J connectivity index is 2.79. The third-order valence-electron chi connectivity index (χ3n) is 2.73. The Morgan fingerprint density at radius 2 is 1.11 bits per heavy atom. The Kier molecular flexibility index (Phi) is 2.92. The van der Waals surface area contributed by atoms with Crippen molar-refractivity contribution in [3.05, 3.63) is 47.0 Å². The molecule has 0 aromatic rings. The van der Waals surface area contributed by atoms with Gasteiger partial charge in [0.15, 0.2) is 0 Å². The molecule has 96 valence electrons. The molecule has 2 rings (SSSR count). The van der Waals surface area contributed by atoms with Gasteiger partial charge < -0.3 is 15.3 Å². The number of carboxylic acid groups (broad SMARTS) is 3. The molecule has 0 aromatic carbocycles. The van der Waals surface area contributed by atoms with Gasteiger partial charge in [0.05, 0.1) is 16.7 Å². The molecule has 0 fully saturated rings. The summed E-state index contributed by atoms with van der Waals surface area (Å²) < 4.78 is 0. The van der Waals surface area contributed by atoms with Gasteiger partial charge in [-0.15, -0.1) is 0 Å². The van der Waals surface area contributed by atoms with E-state index in [4.69, 9.17) is 15.3 Å². The lowest BCUT2D eigenvalue weighted by atomic mass is 10.1. The smallest absolute Gasteiger partial charge is 0.336 e. The molecule has 2 aliphatic carbocycles. The summed E-state index contributed by atoms with van der Waals surface area (Å²) in [4.78, 5) is 33.0. The molecule has 0 amide bonds. The maximum absolute atomic E-state index is 11.1. The van der Waals surface area contributed by atoms with E-state index in [9.17, 15) is 14.4 Å². The van der Waals surface area contributed by atoms with Gasteiger partial charge in [0.2, 0.25) is 0 Å². The number of rotatable bonds is 3. The Bertz CT molecular complexity index is 624. The quantitative estimate of drug-likeness (QED) is 0.776. The Hall–Kier alpha value is -2.89. The van der Waals surface area contributed by atoms with Crippen LogP contribution >= 0.6 is 0 Å². The molecule has 0 heterocycles. The van der Waals surface area contributed by atoms with Gasteiger partial charge in [-0.1, -0.05) is 12.1 Å². The van der Waals surface area contributed by atoms with Crippen LogP contribution in [0.3, 0.4) is 0 Å². The van der Waals surface area contributed by atoms with Gasteiger partial charge in [0, 0.05) is 0 Å². The lowest BCUT2D eigenvalue weighted by Gasteiger charge is -1.96. The molecular weight excluding hydrogens is 252 g/mol. The first kappa shape index (κ1) is 12.6. The summed E-state index contributed by atoms with van der Waals surface area (Å²) in [5.41, 5.74) is -0.00134. The highest BCUT2D eigenvalue weighted by atomic mass is 16.4. The summed E-state index contributed by atoms with van der Waals surface area (Å²) in [6.07, 6.45) is 0. The minimum atomic E-state index is -1.26. The Labute approximate surface area is 106 Å². The van der Waals surface area contributed by atoms with Crippen molar-refractivity contribution in [2.45, 2.75) is 0 Å². The van der Waals surface area contributed by atoms with Crippen molar-refractivity contribution >= 4 is 17.9 Å². The predicted molar refractivity (Wildman–Crippen MR) is 63.9 cm³/mol. The molecule has 6 heteroatoms. The first-order chi connectivity index (χ1) is 8.91. The lowest BCUT2D eigenvalue weighted by Crippen LogP contribution is -1.95. The lowest BCUT2D eigenvalue weighted by molar-refractivity contribution is 0.0685. The van der Waals surface area contributed by atoms with Gasteiger partial charge in [0.1, 0.15) is 0 Å². The van der Waals surface area contributed by atoms with Crippen LogP contribution in [-0.4, -0.2) is 33.2 Å². The molecule has 0 bridgehead atoms. The molecule has 0 aromatic heterocycles. The van der Waals surface area contributed by atoms with Gasteiger partial charge in [-0.25, -0.2) is 14.4 Å². The van der Waals surface area contributed by atoms with Crippen molar-refractivity contribution in [3.8, 4) is 11.1 Å². The average Bonchev–Trinajstić information content (AvgIpc) is 2.54. The first-order valence-electron chi connectivity index (χ1n) is 5.18. The van der Waals surface area contributed by atoms with E-state index in [1.54, 1.807) is 0 Å². The highest BCUT2D eigenvalue weighted by molar-refractivity contribution is 6.07. The standard InChI is InChI=1S/C13H8O6/c14-11(15)6-1-3-7-8(4-2-6)10(13(18)19)5-9(7)12(16)17/h1-5H,(H,14,15)(H,16,17)(H,18,19). The molecule has 0 radical (unpaired) electrons. The summed E-state index contributed by atoms with van der Waals surface area (Å²) in [5.74, 6) is -3.70. The Morgan fingerprint density at radius 1 is 0.684 bits per heavy atom. The number of hydrogen-bond acceptors (Lipinski definition) is 3. The normalized spacial score (nSPS) is 10.3. The van der Waals surface area contributed by atoms with E-state index in [1.807, 2.05) is 0 Å². The minimum absolute atomic E-state index is 0.0520. The van der Waals surface area contributed by atoms with Crippen LogP contribution in [0, 0.1) is 0 Å². The first-order valence-corrected chi connectivity index (χ1v) is 5.18. The van der Waals surface area contributed by atoms with Gasteiger partial charge in [-0.05, 0) is 29.3 Å². The molecule has 0 atom stereocenters. The van der Waals surface area contributed by atoms with Crippen LogP contribution in [-0.2, 0) is 0 Å². The van der Waals surface area contributed by atoms with Crippen molar-refractivity contribution in [1.29, 1.82) is 0 Å². The summed E-state index contributed by atoms with van der Waals surface area (Å²) >= 11 is 0. The number of aromatic carboxylic acids is 3.